The van der Waals surface area contributed by atoms with Crippen LogP contribution in [0.5, 0.6) is 5.75 Å². The maximum absolute atomic E-state index is 13.4. The summed E-state index contributed by atoms with van der Waals surface area (Å²) in [6.45, 7) is 4.35. The highest BCUT2D eigenvalue weighted by atomic mass is 16.5. The van der Waals surface area contributed by atoms with E-state index in [2.05, 4.69) is 0 Å². The summed E-state index contributed by atoms with van der Waals surface area (Å²) in [5, 5.41) is 6.23. The number of hydrogen-bond acceptors (Lipinski definition) is 5. The fraction of sp³-hybridized carbons (Fsp3) is 0.400. The van der Waals surface area contributed by atoms with Crippen molar-refractivity contribution in [3.05, 3.63) is 65.7 Å². The molecule has 0 unspecified atom stereocenters. The predicted octanol–water partition coefficient (Wildman–Crippen LogP) is 3.50. The van der Waals surface area contributed by atoms with Gasteiger partial charge in [0.25, 0.3) is 5.91 Å². The average Bonchev–Trinajstić information content (AvgIpc) is 3.27. The van der Waals surface area contributed by atoms with E-state index in [1.54, 1.807) is 19.1 Å². The van der Waals surface area contributed by atoms with E-state index in [1.807, 2.05) is 68.4 Å². The molecular weight excluding hydrogens is 406 g/mol. The molecule has 32 heavy (non-hydrogen) atoms. The van der Waals surface area contributed by atoms with Gasteiger partial charge in [-0.1, -0.05) is 44.2 Å². The van der Waals surface area contributed by atoms with Gasteiger partial charge in [-0.15, -0.1) is 0 Å². The normalized spacial score (nSPS) is 15.6. The Kier molecular flexibility index (Phi) is 8.00. The second-order valence-electron chi connectivity index (χ2n) is 8.05. The standard InChI is InChI=1S/C25H31N3O4/c1-18(2)25(30)27(14-15-31-3)17-24(29)28-23(20-8-6-5-7-9-20)16-22(26-28)19-10-12-21(32-4)13-11-19/h5-13,18,23H,14-17H2,1-4H3/t23-/m0/s1. The number of rotatable bonds is 9. The molecule has 2 aromatic rings. The number of hydrogen-bond donors (Lipinski definition) is 0. The molecule has 0 saturated heterocycles. The molecule has 1 aliphatic rings. The van der Waals surface area contributed by atoms with E-state index in [1.165, 1.54) is 5.01 Å². The van der Waals surface area contributed by atoms with Gasteiger partial charge in [0.1, 0.15) is 12.3 Å². The molecule has 0 saturated carbocycles. The number of carbonyl (C=O) groups is 2. The molecule has 0 aromatic heterocycles. The molecule has 7 nitrogen and oxygen atoms in total. The molecule has 0 fully saturated rings. The van der Waals surface area contributed by atoms with Crippen molar-refractivity contribution in [1.82, 2.24) is 9.91 Å². The molecule has 1 atom stereocenters. The van der Waals surface area contributed by atoms with Gasteiger partial charge >= 0.3 is 0 Å². The van der Waals surface area contributed by atoms with Gasteiger partial charge in [-0.25, -0.2) is 5.01 Å². The van der Waals surface area contributed by atoms with Crippen LogP contribution >= 0.6 is 0 Å². The summed E-state index contributed by atoms with van der Waals surface area (Å²) in [4.78, 5) is 27.6. The number of benzene rings is 2. The molecule has 0 bridgehead atoms. The molecule has 3 rings (SSSR count). The van der Waals surface area contributed by atoms with Crippen molar-refractivity contribution < 1.29 is 19.1 Å². The van der Waals surface area contributed by atoms with Crippen LogP contribution in [0.2, 0.25) is 0 Å². The lowest BCUT2D eigenvalue weighted by molar-refractivity contribution is -0.143. The van der Waals surface area contributed by atoms with Gasteiger partial charge in [-0.2, -0.15) is 5.10 Å². The van der Waals surface area contributed by atoms with E-state index in [0.717, 1.165) is 22.6 Å². The monoisotopic (exact) mass is 437 g/mol. The van der Waals surface area contributed by atoms with Crippen LogP contribution in [-0.4, -0.2) is 61.4 Å². The van der Waals surface area contributed by atoms with Crippen molar-refractivity contribution in [2.45, 2.75) is 26.3 Å². The quantitative estimate of drug-likeness (QED) is 0.602. The van der Waals surface area contributed by atoms with E-state index in [4.69, 9.17) is 14.6 Å². The molecule has 0 radical (unpaired) electrons. The summed E-state index contributed by atoms with van der Waals surface area (Å²) in [6, 6.07) is 17.3. The van der Waals surface area contributed by atoms with Crippen molar-refractivity contribution >= 4 is 17.5 Å². The van der Waals surface area contributed by atoms with Crippen molar-refractivity contribution in [3.63, 3.8) is 0 Å². The van der Waals surface area contributed by atoms with Crippen LogP contribution in [0.15, 0.2) is 59.7 Å². The summed E-state index contributed by atoms with van der Waals surface area (Å²) < 4.78 is 10.4. The fourth-order valence-electron chi connectivity index (χ4n) is 3.70. The lowest BCUT2D eigenvalue weighted by atomic mass is 9.98. The van der Waals surface area contributed by atoms with E-state index in [-0.39, 0.29) is 30.3 Å². The van der Waals surface area contributed by atoms with Crippen LogP contribution in [0.4, 0.5) is 0 Å². The maximum Gasteiger partial charge on any atom is 0.262 e. The van der Waals surface area contributed by atoms with Crippen molar-refractivity contribution in [3.8, 4) is 5.75 Å². The average molecular weight is 438 g/mol. The highest BCUT2D eigenvalue weighted by Crippen LogP contribution is 2.33. The highest BCUT2D eigenvalue weighted by Gasteiger charge is 2.34. The van der Waals surface area contributed by atoms with E-state index in [0.29, 0.717) is 19.6 Å². The third-order valence-corrected chi connectivity index (χ3v) is 5.47. The fourth-order valence-corrected chi connectivity index (χ4v) is 3.70. The Morgan fingerprint density at radius 1 is 1.09 bits per heavy atom. The second kappa shape index (κ2) is 10.9. The maximum atomic E-state index is 13.4. The number of nitrogens with zero attached hydrogens (tertiary/aromatic N) is 3. The molecular formula is C25H31N3O4. The first-order chi connectivity index (χ1) is 15.4. The lowest BCUT2D eigenvalue weighted by Gasteiger charge is -2.28. The topological polar surface area (TPSA) is 71.4 Å². The molecule has 1 heterocycles. The molecule has 2 amide bonds. The van der Waals surface area contributed by atoms with Crippen molar-refractivity contribution in [2.75, 3.05) is 33.9 Å². The van der Waals surface area contributed by atoms with Crippen molar-refractivity contribution in [2.24, 2.45) is 11.0 Å². The highest BCUT2D eigenvalue weighted by molar-refractivity contribution is 6.03. The van der Waals surface area contributed by atoms with Crippen LogP contribution in [-0.2, 0) is 14.3 Å². The Morgan fingerprint density at radius 2 is 1.78 bits per heavy atom. The summed E-state index contributed by atoms with van der Waals surface area (Å²) in [5.74, 6) is 0.264. The summed E-state index contributed by atoms with van der Waals surface area (Å²) in [7, 11) is 3.21. The molecule has 170 valence electrons. The number of methoxy groups -OCH3 is 2. The largest absolute Gasteiger partial charge is 0.497 e. The molecule has 1 aliphatic heterocycles. The Morgan fingerprint density at radius 3 is 2.38 bits per heavy atom. The first kappa shape index (κ1) is 23.5. The van der Waals surface area contributed by atoms with Crippen LogP contribution in [0.3, 0.4) is 0 Å². The van der Waals surface area contributed by atoms with Gasteiger partial charge in [-0.3, -0.25) is 9.59 Å². The molecule has 0 spiro atoms. The molecule has 7 heteroatoms. The number of ether oxygens (including phenoxy) is 2. The predicted molar refractivity (Wildman–Crippen MR) is 123 cm³/mol. The van der Waals surface area contributed by atoms with E-state index >= 15 is 0 Å². The number of amides is 2. The summed E-state index contributed by atoms with van der Waals surface area (Å²) >= 11 is 0. The Labute approximate surface area is 189 Å². The molecule has 0 N–H and O–H groups in total. The molecule has 2 aromatic carbocycles. The third kappa shape index (κ3) is 5.53. The van der Waals surface area contributed by atoms with Gasteiger partial charge in [-0.05, 0) is 35.4 Å². The first-order valence-corrected chi connectivity index (χ1v) is 10.8. The Balaban J connectivity index is 1.87. The zero-order chi connectivity index (χ0) is 23.1. The summed E-state index contributed by atoms with van der Waals surface area (Å²) in [6.07, 6.45) is 0.596. The minimum Gasteiger partial charge on any atom is -0.497 e. The molecule has 0 aliphatic carbocycles. The zero-order valence-corrected chi connectivity index (χ0v) is 19.2. The smallest absolute Gasteiger partial charge is 0.262 e. The van der Waals surface area contributed by atoms with Gasteiger partial charge in [0.2, 0.25) is 5.91 Å². The van der Waals surface area contributed by atoms with Crippen molar-refractivity contribution in [1.29, 1.82) is 0 Å². The lowest BCUT2D eigenvalue weighted by Crippen LogP contribution is -2.44. The zero-order valence-electron chi connectivity index (χ0n) is 19.2. The van der Waals surface area contributed by atoms with Crippen LogP contribution in [0, 0.1) is 5.92 Å². The minimum atomic E-state index is -0.223. The Bertz CT molecular complexity index is 941. The van der Waals surface area contributed by atoms with Gasteiger partial charge in [0.05, 0.1) is 25.5 Å². The second-order valence-corrected chi connectivity index (χ2v) is 8.05. The van der Waals surface area contributed by atoms with E-state index in [9.17, 15) is 9.59 Å². The van der Waals surface area contributed by atoms with Gasteiger partial charge in [0, 0.05) is 26.0 Å². The van der Waals surface area contributed by atoms with Gasteiger partial charge < -0.3 is 14.4 Å². The van der Waals surface area contributed by atoms with Gasteiger partial charge in [0.15, 0.2) is 0 Å². The van der Waals surface area contributed by atoms with Crippen LogP contribution in [0.1, 0.15) is 37.4 Å². The minimum absolute atomic E-state index is 0.0386. The summed E-state index contributed by atoms with van der Waals surface area (Å²) in [5.41, 5.74) is 2.77. The Hall–Kier alpha value is -3.19. The number of hydrazone groups is 1. The SMILES string of the molecule is COCCN(CC(=O)N1N=C(c2ccc(OC)cc2)C[C@H]1c1ccccc1)C(=O)C(C)C. The van der Waals surface area contributed by atoms with Crippen LogP contribution in [0.25, 0.3) is 0 Å². The van der Waals surface area contributed by atoms with E-state index < -0.39 is 0 Å². The first-order valence-electron chi connectivity index (χ1n) is 10.8. The number of carbonyl (C=O) groups excluding carboxylic acids is 2. The third-order valence-electron chi connectivity index (χ3n) is 5.47. The van der Waals surface area contributed by atoms with Crippen LogP contribution < -0.4 is 4.74 Å².